The van der Waals surface area contributed by atoms with Gasteiger partial charge in [-0.1, -0.05) is 35.9 Å². The first-order valence-corrected chi connectivity index (χ1v) is 12.1. The summed E-state index contributed by atoms with van der Waals surface area (Å²) < 4.78 is 21.3. The van der Waals surface area contributed by atoms with Crippen molar-refractivity contribution in [1.82, 2.24) is 20.0 Å². The lowest BCUT2D eigenvalue weighted by atomic mass is 9.85. The van der Waals surface area contributed by atoms with Crippen molar-refractivity contribution in [3.63, 3.8) is 0 Å². The van der Waals surface area contributed by atoms with E-state index in [0.717, 1.165) is 50.3 Å². The summed E-state index contributed by atoms with van der Waals surface area (Å²) in [5, 5.41) is 12.9. The van der Waals surface area contributed by atoms with Crippen LogP contribution in [0.15, 0.2) is 90.1 Å². The quantitative estimate of drug-likeness (QED) is 0.323. The summed E-state index contributed by atoms with van der Waals surface area (Å²) in [7, 11) is 1.64. The molecule has 1 N–H and O–H groups in total. The second-order valence-electron chi connectivity index (χ2n) is 9.38. The van der Waals surface area contributed by atoms with E-state index in [9.17, 15) is 9.18 Å². The Hall–Kier alpha value is -4.52. The molecular weight excluding hydrogens is 467 g/mol. The minimum absolute atomic E-state index is 0.0228. The number of aromatic amines is 1. The zero-order valence-electron chi connectivity index (χ0n) is 20.5. The summed E-state index contributed by atoms with van der Waals surface area (Å²) in [6.07, 6.45) is 2.61. The van der Waals surface area contributed by atoms with Crippen LogP contribution in [0.1, 0.15) is 29.8 Å². The molecule has 0 radical (unpaired) electrons. The zero-order valence-corrected chi connectivity index (χ0v) is 20.5. The van der Waals surface area contributed by atoms with Gasteiger partial charge < -0.3 is 4.74 Å². The molecule has 184 valence electrons. The molecule has 37 heavy (non-hydrogen) atoms. The summed E-state index contributed by atoms with van der Waals surface area (Å²) in [5.41, 5.74) is 6.98. The van der Waals surface area contributed by atoms with Gasteiger partial charge in [-0.3, -0.25) is 14.6 Å². The fraction of sp³-hybridized carbons (Fsp3) is 0.167. The number of nitrogens with zero attached hydrogens (tertiary/aromatic N) is 3. The van der Waals surface area contributed by atoms with Crippen LogP contribution in [0.2, 0.25) is 0 Å². The van der Waals surface area contributed by atoms with Gasteiger partial charge in [-0.2, -0.15) is 10.2 Å². The minimum atomic E-state index is -0.460. The largest absolute Gasteiger partial charge is 0.496 e. The van der Waals surface area contributed by atoms with Gasteiger partial charge >= 0.3 is 0 Å². The molecule has 0 fully saturated rings. The van der Waals surface area contributed by atoms with E-state index in [1.807, 2.05) is 60.1 Å². The number of halogens is 1. The van der Waals surface area contributed by atoms with E-state index >= 15 is 0 Å². The van der Waals surface area contributed by atoms with Crippen molar-refractivity contribution in [2.75, 3.05) is 7.11 Å². The monoisotopic (exact) mass is 492 g/mol. The molecule has 7 heteroatoms. The summed E-state index contributed by atoms with van der Waals surface area (Å²) >= 11 is 0. The van der Waals surface area contributed by atoms with Crippen LogP contribution < -0.4 is 4.74 Å². The minimum Gasteiger partial charge on any atom is -0.496 e. The Morgan fingerprint density at radius 3 is 2.73 bits per heavy atom. The average molecular weight is 493 g/mol. The van der Waals surface area contributed by atoms with Crippen LogP contribution in [0.3, 0.4) is 0 Å². The molecule has 0 saturated carbocycles. The Labute approximate surface area is 213 Å². The van der Waals surface area contributed by atoms with Crippen molar-refractivity contribution in [2.24, 2.45) is 0 Å². The molecule has 3 aromatic carbocycles. The molecule has 3 heterocycles. The van der Waals surface area contributed by atoms with Gasteiger partial charge in [0.25, 0.3) is 0 Å². The van der Waals surface area contributed by atoms with E-state index in [1.54, 1.807) is 25.4 Å². The number of Topliss-reactive ketones (excluding diaryl/α,β-unsaturated/α-hetero) is 1. The average Bonchev–Trinajstić information content (AvgIpc) is 3.55. The summed E-state index contributed by atoms with van der Waals surface area (Å²) in [6.45, 7) is 2.00. The van der Waals surface area contributed by atoms with Gasteiger partial charge in [0.15, 0.2) is 5.78 Å². The Kier molecular flexibility index (Phi) is 5.68. The zero-order chi connectivity index (χ0) is 25.5. The number of nitrogens with one attached hydrogen (secondary N) is 1. The number of aromatic nitrogens is 4. The highest BCUT2D eigenvalue weighted by molar-refractivity contribution is 5.99. The Balaban J connectivity index is 1.43. The maximum absolute atomic E-state index is 13.9. The third-order valence-corrected chi connectivity index (χ3v) is 6.98. The first-order valence-electron chi connectivity index (χ1n) is 12.1. The number of allylic oxidation sites excluding steroid dienone is 2. The Bertz CT molecular complexity index is 1660. The van der Waals surface area contributed by atoms with Gasteiger partial charge in [-0.25, -0.2) is 4.39 Å². The third-order valence-electron chi connectivity index (χ3n) is 6.98. The number of ketones is 1. The van der Waals surface area contributed by atoms with Crippen LogP contribution >= 0.6 is 0 Å². The van der Waals surface area contributed by atoms with Crippen molar-refractivity contribution in [3.05, 3.63) is 113 Å². The third kappa shape index (κ3) is 4.12. The Morgan fingerprint density at radius 1 is 1.11 bits per heavy atom. The van der Waals surface area contributed by atoms with Crippen molar-refractivity contribution in [2.45, 2.75) is 25.8 Å². The van der Waals surface area contributed by atoms with Crippen LogP contribution in [-0.2, 0) is 17.6 Å². The number of carbonyl (C=O) groups excluding carboxylic acids is 1. The van der Waals surface area contributed by atoms with E-state index in [0.29, 0.717) is 12.0 Å². The van der Waals surface area contributed by atoms with E-state index in [2.05, 4.69) is 10.2 Å². The molecule has 2 aromatic heterocycles. The predicted octanol–water partition coefficient (Wildman–Crippen LogP) is 5.85. The fourth-order valence-corrected chi connectivity index (χ4v) is 5.23. The van der Waals surface area contributed by atoms with Gasteiger partial charge in [0, 0.05) is 35.1 Å². The number of hydrogen-bond donors (Lipinski definition) is 1. The van der Waals surface area contributed by atoms with Gasteiger partial charge in [-0.05, 0) is 60.5 Å². The molecule has 5 aromatic rings. The van der Waals surface area contributed by atoms with E-state index in [-0.39, 0.29) is 18.0 Å². The van der Waals surface area contributed by atoms with Gasteiger partial charge in [-0.15, -0.1) is 0 Å². The van der Waals surface area contributed by atoms with Crippen LogP contribution in [0, 0.1) is 5.82 Å². The highest BCUT2D eigenvalue weighted by Crippen LogP contribution is 2.39. The van der Waals surface area contributed by atoms with Gasteiger partial charge in [0.2, 0.25) is 0 Å². The molecule has 0 bridgehead atoms. The van der Waals surface area contributed by atoms with Crippen LogP contribution in [-0.4, -0.2) is 32.9 Å². The standard InChI is InChI=1S/C30H25FN4O2/c1-18-13-23-16-26(24-5-3-4-6-28(24)37-2)34-35(23)30(20-8-10-22(31)11-9-20)29(18)27(36)15-19-7-12-25-21(14-19)17-32-33-25/h3-12,14,16-17,30H,13,15H2,1-2H3,(H,32,33). The first kappa shape index (κ1) is 22.9. The highest BCUT2D eigenvalue weighted by Gasteiger charge is 2.33. The molecule has 0 amide bonds. The lowest BCUT2D eigenvalue weighted by Gasteiger charge is -2.29. The van der Waals surface area contributed by atoms with E-state index in [1.165, 1.54) is 12.1 Å². The maximum Gasteiger partial charge on any atom is 0.165 e. The topological polar surface area (TPSA) is 72.8 Å². The molecule has 1 atom stereocenters. The molecular formula is C30H25FN4O2. The van der Waals surface area contributed by atoms with Crippen molar-refractivity contribution in [1.29, 1.82) is 0 Å². The van der Waals surface area contributed by atoms with Crippen LogP contribution in [0.25, 0.3) is 22.2 Å². The summed E-state index contributed by atoms with van der Waals surface area (Å²) in [6, 6.07) is 21.5. The molecule has 0 aliphatic carbocycles. The van der Waals surface area contributed by atoms with Crippen molar-refractivity contribution < 1.29 is 13.9 Å². The smallest absolute Gasteiger partial charge is 0.165 e. The molecule has 0 spiro atoms. The summed E-state index contributed by atoms with van der Waals surface area (Å²) in [4.78, 5) is 13.9. The molecule has 0 saturated heterocycles. The number of carbonyl (C=O) groups is 1. The normalized spacial score (nSPS) is 15.2. The number of H-pyrrole nitrogens is 1. The van der Waals surface area contributed by atoms with Crippen molar-refractivity contribution >= 4 is 16.7 Å². The number of hydrogen-bond acceptors (Lipinski definition) is 4. The molecule has 6 rings (SSSR count). The van der Waals surface area contributed by atoms with Crippen LogP contribution in [0.5, 0.6) is 5.75 Å². The number of methoxy groups -OCH3 is 1. The highest BCUT2D eigenvalue weighted by atomic mass is 19.1. The molecule has 6 nitrogen and oxygen atoms in total. The molecule has 1 aliphatic heterocycles. The SMILES string of the molecule is COc1ccccc1-c1cc2n(n1)C(c1ccc(F)cc1)C(C(=O)Cc1ccc3[nH]ncc3c1)=C(C)C2. The number of ether oxygens (including phenoxy) is 1. The van der Waals surface area contributed by atoms with Gasteiger partial charge in [0.1, 0.15) is 17.6 Å². The van der Waals surface area contributed by atoms with Crippen LogP contribution in [0.4, 0.5) is 4.39 Å². The van der Waals surface area contributed by atoms with Gasteiger partial charge in [0.05, 0.1) is 24.5 Å². The number of fused-ring (bicyclic) bond motifs is 2. The molecule has 1 unspecified atom stereocenters. The second kappa shape index (κ2) is 9.17. The molecule has 1 aliphatic rings. The lowest BCUT2D eigenvalue weighted by molar-refractivity contribution is -0.115. The van der Waals surface area contributed by atoms with E-state index < -0.39 is 6.04 Å². The first-order chi connectivity index (χ1) is 18.0. The maximum atomic E-state index is 13.9. The number of benzene rings is 3. The lowest BCUT2D eigenvalue weighted by Crippen LogP contribution is -2.28. The predicted molar refractivity (Wildman–Crippen MR) is 140 cm³/mol. The number of rotatable bonds is 6. The van der Waals surface area contributed by atoms with Crippen molar-refractivity contribution in [3.8, 4) is 17.0 Å². The number of para-hydroxylation sites is 1. The van der Waals surface area contributed by atoms with E-state index in [4.69, 9.17) is 9.84 Å². The summed E-state index contributed by atoms with van der Waals surface area (Å²) in [5.74, 6) is 0.429. The second-order valence-corrected chi connectivity index (χ2v) is 9.38. The Morgan fingerprint density at radius 2 is 1.92 bits per heavy atom. The fourth-order valence-electron chi connectivity index (χ4n) is 5.23.